The molecule has 0 fully saturated rings. The third kappa shape index (κ3) is 3.18. The smallest absolute Gasteiger partial charge is 0.169 e. The predicted molar refractivity (Wildman–Crippen MR) is 119 cm³/mol. The molecule has 0 radical (unpaired) electrons. The summed E-state index contributed by atoms with van der Waals surface area (Å²) >= 11 is 3.57. The third-order valence-electron chi connectivity index (χ3n) is 6.18. The van der Waals surface area contributed by atoms with Gasteiger partial charge >= 0.3 is 0 Å². The van der Waals surface area contributed by atoms with E-state index in [4.69, 9.17) is 0 Å². The van der Waals surface area contributed by atoms with E-state index in [0.29, 0.717) is 11.5 Å². The largest absolute Gasteiger partial charge is 0.294 e. The summed E-state index contributed by atoms with van der Waals surface area (Å²) in [6.07, 6.45) is 6.10. The molecule has 2 atom stereocenters. The SMILES string of the molecule is CC1CC(C(=O)c2ccc(F)cc2)C=c2c1ccc1c2=CCc2cc(Br)ccc2-1. The highest BCUT2D eigenvalue weighted by atomic mass is 79.9. The minimum Gasteiger partial charge on any atom is -0.294 e. The van der Waals surface area contributed by atoms with E-state index in [1.165, 1.54) is 44.8 Å². The number of ketones is 1. The Bertz CT molecular complexity index is 1260. The van der Waals surface area contributed by atoms with E-state index >= 15 is 0 Å². The molecule has 2 aliphatic rings. The lowest BCUT2D eigenvalue weighted by molar-refractivity contribution is 0.0943. The topological polar surface area (TPSA) is 17.1 Å². The van der Waals surface area contributed by atoms with Gasteiger partial charge in [-0.3, -0.25) is 4.79 Å². The molecule has 3 aromatic carbocycles. The molecule has 2 aliphatic carbocycles. The van der Waals surface area contributed by atoms with Gasteiger partial charge in [-0.1, -0.05) is 53.2 Å². The van der Waals surface area contributed by atoms with Gasteiger partial charge in [0.25, 0.3) is 0 Å². The first kappa shape index (κ1) is 18.5. The zero-order valence-electron chi connectivity index (χ0n) is 16.1. The van der Waals surface area contributed by atoms with Crippen LogP contribution in [0.4, 0.5) is 4.39 Å². The van der Waals surface area contributed by atoms with Crippen molar-refractivity contribution in [3.8, 4) is 11.1 Å². The Morgan fingerprint density at radius 1 is 1.00 bits per heavy atom. The highest BCUT2D eigenvalue weighted by Gasteiger charge is 2.26. The third-order valence-corrected chi connectivity index (χ3v) is 6.67. The van der Waals surface area contributed by atoms with E-state index in [2.05, 4.69) is 65.3 Å². The maximum atomic E-state index is 13.3. The molecule has 0 bridgehead atoms. The van der Waals surface area contributed by atoms with E-state index in [9.17, 15) is 9.18 Å². The molecule has 0 amide bonds. The molecule has 29 heavy (non-hydrogen) atoms. The van der Waals surface area contributed by atoms with Crippen molar-refractivity contribution in [3.63, 3.8) is 0 Å². The predicted octanol–water partition coefficient (Wildman–Crippen LogP) is 5.38. The zero-order valence-corrected chi connectivity index (χ0v) is 17.7. The van der Waals surface area contributed by atoms with E-state index in [-0.39, 0.29) is 17.5 Å². The molecule has 0 saturated heterocycles. The summed E-state index contributed by atoms with van der Waals surface area (Å²) in [6.45, 7) is 2.19. The molecule has 3 heteroatoms. The Morgan fingerprint density at radius 3 is 2.55 bits per heavy atom. The second-order valence-corrected chi connectivity index (χ2v) is 8.94. The van der Waals surface area contributed by atoms with Crippen LogP contribution in [-0.4, -0.2) is 5.78 Å². The summed E-state index contributed by atoms with van der Waals surface area (Å²) in [5.74, 6) is -0.134. The normalized spacial score (nSPS) is 19.3. The van der Waals surface area contributed by atoms with E-state index in [1.54, 1.807) is 12.1 Å². The molecule has 1 nitrogen and oxygen atoms in total. The van der Waals surface area contributed by atoms with E-state index in [0.717, 1.165) is 17.3 Å². The second kappa shape index (κ2) is 7.07. The number of hydrogen-bond donors (Lipinski definition) is 0. The quantitative estimate of drug-likeness (QED) is 0.483. The highest BCUT2D eigenvalue weighted by Crippen LogP contribution is 2.31. The van der Waals surface area contributed by atoms with E-state index < -0.39 is 0 Å². The van der Waals surface area contributed by atoms with Crippen LogP contribution in [0.15, 0.2) is 59.1 Å². The first-order valence-electron chi connectivity index (χ1n) is 9.95. The number of halogens is 2. The first-order chi connectivity index (χ1) is 14.0. The van der Waals surface area contributed by atoms with Gasteiger partial charge in [-0.15, -0.1) is 0 Å². The minimum absolute atomic E-state index is 0.0697. The number of fused-ring (bicyclic) bond motifs is 5. The monoisotopic (exact) mass is 446 g/mol. The number of carbonyl (C=O) groups is 1. The van der Waals surface area contributed by atoms with Gasteiger partial charge in [0.15, 0.2) is 5.78 Å². The Morgan fingerprint density at radius 2 is 1.76 bits per heavy atom. The zero-order chi connectivity index (χ0) is 20.1. The van der Waals surface area contributed by atoms with Gasteiger partial charge in [-0.2, -0.15) is 0 Å². The van der Waals surface area contributed by atoms with Gasteiger partial charge in [-0.25, -0.2) is 4.39 Å². The fourth-order valence-electron chi connectivity index (χ4n) is 4.72. The van der Waals surface area contributed by atoms with Crippen molar-refractivity contribution >= 4 is 33.9 Å². The molecule has 3 aromatic rings. The summed E-state index contributed by atoms with van der Waals surface area (Å²) in [5.41, 5.74) is 5.70. The van der Waals surface area contributed by atoms with Crippen LogP contribution in [0.2, 0.25) is 0 Å². The van der Waals surface area contributed by atoms with Crippen LogP contribution in [0.3, 0.4) is 0 Å². The standard InChI is InChI=1S/C26H20BrFO/c1-15-12-18(26(29)16-2-6-20(28)7-3-16)14-25-21(15)10-11-23-22-9-5-19(27)13-17(22)4-8-24(23)25/h2-3,5-11,13-15,18H,4,12H2,1H3. The molecular weight excluding hydrogens is 427 g/mol. The molecule has 0 N–H and O–H groups in total. The van der Waals surface area contributed by atoms with Crippen molar-refractivity contribution in [3.05, 3.63) is 92.0 Å². The van der Waals surface area contributed by atoms with Crippen molar-refractivity contribution in [1.29, 1.82) is 0 Å². The second-order valence-electron chi connectivity index (χ2n) is 8.02. The molecule has 0 spiro atoms. The summed E-state index contributed by atoms with van der Waals surface area (Å²) in [5, 5.41) is 2.43. The van der Waals surface area contributed by atoms with Crippen LogP contribution in [0.25, 0.3) is 23.3 Å². The van der Waals surface area contributed by atoms with Crippen LogP contribution in [0, 0.1) is 11.7 Å². The molecule has 0 aromatic heterocycles. The average Bonchev–Trinajstić information content (AvgIpc) is 2.73. The van der Waals surface area contributed by atoms with Gasteiger partial charge in [0.2, 0.25) is 0 Å². The number of carbonyl (C=O) groups excluding carboxylic acids is 1. The fraction of sp³-hybridized carbons (Fsp3) is 0.192. The lowest BCUT2D eigenvalue weighted by atomic mass is 9.78. The van der Waals surface area contributed by atoms with Crippen LogP contribution in [0.5, 0.6) is 0 Å². The van der Waals surface area contributed by atoms with Crippen molar-refractivity contribution in [2.24, 2.45) is 5.92 Å². The number of rotatable bonds is 2. The molecule has 5 rings (SSSR count). The van der Waals surface area contributed by atoms with Gasteiger partial charge in [-0.05, 0) is 87.8 Å². The van der Waals surface area contributed by atoms with E-state index in [1.807, 2.05) is 0 Å². The highest BCUT2D eigenvalue weighted by molar-refractivity contribution is 9.10. The minimum atomic E-state index is -0.318. The Hall–Kier alpha value is -2.52. The number of benzene rings is 3. The molecule has 0 heterocycles. The lowest BCUT2D eigenvalue weighted by Crippen LogP contribution is -2.38. The maximum absolute atomic E-state index is 13.3. The Kier molecular flexibility index (Phi) is 4.51. The van der Waals surface area contributed by atoms with Crippen LogP contribution in [-0.2, 0) is 6.42 Å². The number of Topliss-reactive ketones (excluding diaryl/α,β-unsaturated/α-hetero) is 1. The summed E-state index contributed by atoms with van der Waals surface area (Å²) in [4.78, 5) is 13.1. The molecular formula is C26H20BrFO. The van der Waals surface area contributed by atoms with Crippen LogP contribution in [0.1, 0.15) is 40.7 Å². The van der Waals surface area contributed by atoms with Gasteiger partial charge in [0, 0.05) is 16.0 Å². The average molecular weight is 447 g/mol. The van der Waals surface area contributed by atoms with Crippen molar-refractivity contribution in [1.82, 2.24) is 0 Å². The summed E-state index contributed by atoms with van der Waals surface area (Å²) in [6, 6.07) is 16.8. The van der Waals surface area contributed by atoms with Crippen LogP contribution >= 0.6 is 15.9 Å². The number of hydrogen-bond acceptors (Lipinski definition) is 1. The fourth-order valence-corrected chi connectivity index (χ4v) is 5.13. The lowest BCUT2D eigenvalue weighted by Gasteiger charge is -2.26. The van der Waals surface area contributed by atoms with Gasteiger partial charge in [0.05, 0.1) is 0 Å². The van der Waals surface area contributed by atoms with Crippen molar-refractivity contribution in [2.45, 2.75) is 25.7 Å². The molecule has 144 valence electrons. The first-order valence-corrected chi connectivity index (χ1v) is 10.7. The Balaban J connectivity index is 1.65. The van der Waals surface area contributed by atoms with Crippen LogP contribution < -0.4 is 10.4 Å². The molecule has 0 aliphatic heterocycles. The maximum Gasteiger partial charge on any atom is 0.169 e. The molecule has 2 unspecified atom stereocenters. The van der Waals surface area contributed by atoms with Gasteiger partial charge < -0.3 is 0 Å². The van der Waals surface area contributed by atoms with Crippen molar-refractivity contribution < 1.29 is 9.18 Å². The molecule has 0 saturated carbocycles. The van der Waals surface area contributed by atoms with Gasteiger partial charge in [0.1, 0.15) is 5.82 Å². The summed E-state index contributed by atoms with van der Waals surface area (Å²) in [7, 11) is 0. The Labute approximate surface area is 177 Å². The van der Waals surface area contributed by atoms with Crippen molar-refractivity contribution in [2.75, 3.05) is 0 Å². The summed E-state index contributed by atoms with van der Waals surface area (Å²) < 4.78 is 14.4.